The van der Waals surface area contributed by atoms with Gasteiger partial charge in [0.25, 0.3) is 0 Å². The first-order valence-electron chi connectivity index (χ1n) is 11.0. The summed E-state index contributed by atoms with van der Waals surface area (Å²) in [4.78, 5) is 0. The molecule has 1 unspecified atom stereocenters. The third-order valence-corrected chi connectivity index (χ3v) is 4.40. The molecule has 150 valence electrons. The first-order valence-corrected chi connectivity index (χ1v) is 11.0. The minimum absolute atomic E-state index is 0.617. The molecule has 0 bridgehead atoms. The summed E-state index contributed by atoms with van der Waals surface area (Å²) in [5.41, 5.74) is 7.12. The number of aryl methyl sites for hydroxylation is 1. The lowest BCUT2D eigenvalue weighted by molar-refractivity contribution is 0.496. The minimum Gasteiger partial charge on any atom is -0.0683 e. The van der Waals surface area contributed by atoms with E-state index in [1.54, 1.807) is 0 Å². The molecular weight excluding hydrogens is 324 g/mol. The van der Waals surface area contributed by atoms with Crippen LogP contribution < -0.4 is 0 Å². The van der Waals surface area contributed by atoms with E-state index in [0.717, 1.165) is 12.3 Å². The van der Waals surface area contributed by atoms with Crippen molar-refractivity contribution >= 4 is 12.2 Å². The van der Waals surface area contributed by atoms with E-state index >= 15 is 0 Å². The van der Waals surface area contributed by atoms with Crippen LogP contribution in [0.2, 0.25) is 0 Å². The molecule has 1 aliphatic carbocycles. The summed E-state index contributed by atoms with van der Waals surface area (Å²) in [6, 6.07) is 15.7. The van der Waals surface area contributed by atoms with Gasteiger partial charge in [0.2, 0.25) is 0 Å². The van der Waals surface area contributed by atoms with Gasteiger partial charge in [0, 0.05) is 0 Å². The van der Waals surface area contributed by atoms with E-state index in [2.05, 4.69) is 75.4 Å². The van der Waals surface area contributed by atoms with Gasteiger partial charge in [-0.05, 0) is 53.9 Å². The van der Waals surface area contributed by atoms with Crippen molar-refractivity contribution in [3.05, 3.63) is 70.3 Å². The second kappa shape index (κ2) is 14.3. The van der Waals surface area contributed by atoms with Crippen LogP contribution in [0.4, 0.5) is 0 Å². The van der Waals surface area contributed by atoms with E-state index in [1.807, 2.05) is 41.5 Å². The molecular formula is C27H42. The minimum atomic E-state index is 0.617. The summed E-state index contributed by atoms with van der Waals surface area (Å²) in [6.07, 6.45) is 6.96. The summed E-state index contributed by atoms with van der Waals surface area (Å²) < 4.78 is 0. The van der Waals surface area contributed by atoms with Crippen molar-refractivity contribution in [3.8, 4) is 0 Å². The van der Waals surface area contributed by atoms with Crippen molar-refractivity contribution in [2.75, 3.05) is 0 Å². The Hall–Kier alpha value is -1.82. The van der Waals surface area contributed by atoms with Gasteiger partial charge >= 0.3 is 0 Å². The Morgan fingerprint density at radius 3 is 2.04 bits per heavy atom. The highest BCUT2D eigenvalue weighted by atomic mass is 14.2. The van der Waals surface area contributed by atoms with E-state index in [0.29, 0.717) is 5.92 Å². The standard InChI is InChI=1S/C21H24.3C2H6/c1-15(2)12-20-14-19-13-16(3)8-9-17(19)10-11-18-6-4-5-7-21(18)20;3*1-2/h4-11,13,15,20H,12,14H2,1-3H3;3*1-2H3/b11-10-;;;. The highest BCUT2D eigenvalue weighted by molar-refractivity contribution is 5.74. The zero-order valence-corrected chi connectivity index (χ0v) is 19.3. The Labute approximate surface area is 169 Å². The van der Waals surface area contributed by atoms with Crippen LogP contribution in [0.15, 0.2) is 42.5 Å². The van der Waals surface area contributed by atoms with Crippen LogP contribution >= 0.6 is 0 Å². The average Bonchev–Trinajstić information content (AvgIpc) is 2.70. The molecule has 0 N–H and O–H groups in total. The number of hydrogen-bond donors (Lipinski definition) is 0. The summed E-state index contributed by atoms with van der Waals surface area (Å²) in [6.45, 7) is 18.8. The zero-order chi connectivity index (χ0) is 20.8. The molecule has 0 saturated carbocycles. The SMILES string of the molecule is CC.CC.CC.Cc1ccc2c(c1)CC(CC(C)C)c1ccccc1/C=C\2. The maximum Gasteiger partial charge on any atom is -0.0113 e. The molecule has 0 aliphatic heterocycles. The van der Waals surface area contributed by atoms with Crippen LogP contribution in [0, 0.1) is 12.8 Å². The van der Waals surface area contributed by atoms with Crippen LogP contribution in [-0.2, 0) is 6.42 Å². The number of benzene rings is 2. The van der Waals surface area contributed by atoms with E-state index in [1.165, 1.54) is 34.2 Å². The molecule has 0 radical (unpaired) electrons. The van der Waals surface area contributed by atoms with Gasteiger partial charge in [0.05, 0.1) is 0 Å². The summed E-state index contributed by atoms with van der Waals surface area (Å²) in [5.74, 6) is 1.34. The quantitative estimate of drug-likeness (QED) is 0.497. The van der Waals surface area contributed by atoms with Crippen molar-refractivity contribution in [2.45, 2.75) is 81.1 Å². The molecule has 0 saturated heterocycles. The summed E-state index contributed by atoms with van der Waals surface area (Å²) in [7, 11) is 0. The summed E-state index contributed by atoms with van der Waals surface area (Å²) in [5, 5.41) is 0. The van der Waals surface area contributed by atoms with E-state index < -0.39 is 0 Å². The number of hydrogen-bond acceptors (Lipinski definition) is 0. The van der Waals surface area contributed by atoms with Gasteiger partial charge in [0.1, 0.15) is 0 Å². The monoisotopic (exact) mass is 366 g/mol. The molecule has 3 rings (SSSR count). The van der Waals surface area contributed by atoms with Gasteiger partial charge < -0.3 is 0 Å². The van der Waals surface area contributed by atoms with Crippen molar-refractivity contribution in [3.63, 3.8) is 0 Å². The van der Waals surface area contributed by atoms with E-state index in [9.17, 15) is 0 Å². The van der Waals surface area contributed by atoms with Crippen molar-refractivity contribution in [1.82, 2.24) is 0 Å². The largest absolute Gasteiger partial charge is 0.0683 e. The molecule has 1 atom stereocenters. The first-order chi connectivity index (χ1) is 13.1. The van der Waals surface area contributed by atoms with Crippen LogP contribution in [0.3, 0.4) is 0 Å². The third-order valence-electron chi connectivity index (χ3n) is 4.40. The maximum absolute atomic E-state index is 2.36. The fraction of sp³-hybridized carbons (Fsp3) is 0.481. The molecule has 0 nitrogen and oxygen atoms in total. The average molecular weight is 367 g/mol. The van der Waals surface area contributed by atoms with Gasteiger partial charge in [-0.15, -0.1) is 0 Å². The lowest BCUT2D eigenvalue weighted by atomic mass is 9.80. The number of fused-ring (bicyclic) bond motifs is 2. The van der Waals surface area contributed by atoms with Crippen LogP contribution in [0.1, 0.15) is 95.5 Å². The topological polar surface area (TPSA) is 0 Å². The normalized spacial score (nSPS) is 15.1. The second-order valence-corrected chi connectivity index (χ2v) is 6.70. The fourth-order valence-corrected chi connectivity index (χ4v) is 3.44. The lowest BCUT2D eigenvalue weighted by Crippen LogP contribution is -2.10. The second-order valence-electron chi connectivity index (χ2n) is 6.70. The van der Waals surface area contributed by atoms with Crippen LogP contribution in [-0.4, -0.2) is 0 Å². The number of rotatable bonds is 2. The molecule has 1 aliphatic rings. The van der Waals surface area contributed by atoms with Crippen molar-refractivity contribution in [1.29, 1.82) is 0 Å². The fourth-order valence-electron chi connectivity index (χ4n) is 3.44. The van der Waals surface area contributed by atoms with Crippen LogP contribution in [0.25, 0.3) is 12.2 Å². The van der Waals surface area contributed by atoms with Gasteiger partial charge in [-0.2, -0.15) is 0 Å². The highest BCUT2D eigenvalue weighted by Crippen LogP contribution is 2.34. The molecule has 2 aromatic rings. The molecule has 0 amide bonds. The first kappa shape index (κ1) is 25.2. The van der Waals surface area contributed by atoms with Gasteiger partial charge in [0.15, 0.2) is 0 Å². The van der Waals surface area contributed by atoms with E-state index in [-0.39, 0.29) is 0 Å². The molecule has 0 heteroatoms. The van der Waals surface area contributed by atoms with Crippen molar-refractivity contribution < 1.29 is 0 Å². The van der Waals surface area contributed by atoms with Crippen molar-refractivity contribution in [2.24, 2.45) is 5.92 Å². The molecule has 0 spiro atoms. The van der Waals surface area contributed by atoms with Gasteiger partial charge in [-0.3, -0.25) is 0 Å². The molecule has 27 heavy (non-hydrogen) atoms. The zero-order valence-electron chi connectivity index (χ0n) is 19.3. The van der Waals surface area contributed by atoms with Crippen LogP contribution in [0.5, 0.6) is 0 Å². The Balaban J connectivity index is 0.00000103. The Bertz CT molecular complexity index is 661. The smallest absolute Gasteiger partial charge is 0.0113 e. The predicted octanol–water partition coefficient (Wildman–Crippen LogP) is 8.93. The molecule has 0 heterocycles. The van der Waals surface area contributed by atoms with Gasteiger partial charge in [-0.1, -0.05) is 116 Å². The maximum atomic E-state index is 2.36. The Morgan fingerprint density at radius 1 is 0.815 bits per heavy atom. The predicted molar refractivity (Wildman–Crippen MR) is 126 cm³/mol. The van der Waals surface area contributed by atoms with E-state index in [4.69, 9.17) is 0 Å². The third kappa shape index (κ3) is 7.75. The highest BCUT2D eigenvalue weighted by Gasteiger charge is 2.19. The van der Waals surface area contributed by atoms with Gasteiger partial charge in [-0.25, -0.2) is 0 Å². The Kier molecular flexibility index (Phi) is 13.3. The molecule has 2 aromatic carbocycles. The Morgan fingerprint density at radius 2 is 1.41 bits per heavy atom. The summed E-state index contributed by atoms with van der Waals surface area (Å²) >= 11 is 0. The lowest BCUT2D eigenvalue weighted by Gasteiger charge is -2.24. The molecule has 0 aromatic heterocycles. The molecule has 0 fully saturated rings.